The maximum atomic E-state index is 14.3. The Morgan fingerprint density at radius 2 is 1.52 bits per heavy atom. The summed E-state index contributed by atoms with van der Waals surface area (Å²) in [6, 6.07) is 30.4. The number of imide groups is 1. The van der Waals surface area contributed by atoms with E-state index in [0.717, 1.165) is 27.8 Å². The number of fused-ring (bicyclic) bond motifs is 1. The summed E-state index contributed by atoms with van der Waals surface area (Å²) in [5.41, 5.74) is 6.82. The quantitative estimate of drug-likeness (QED) is 0.225. The van der Waals surface area contributed by atoms with Crippen molar-refractivity contribution in [3.63, 3.8) is 0 Å². The first-order chi connectivity index (χ1) is 20.6. The van der Waals surface area contributed by atoms with Crippen molar-refractivity contribution in [1.82, 2.24) is 5.43 Å². The van der Waals surface area contributed by atoms with E-state index in [1.165, 1.54) is 4.90 Å². The molecule has 2 aliphatic heterocycles. The second-order valence-corrected chi connectivity index (χ2v) is 11.0. The maximum absolute atomic E-state index is 14.3. The van der Waals surface area contributed by atoms with Gasteiger partial charge < -0.3 is 9.47 Å². The molecule has 5 aliphatic rings. The number of amides is 3. The molecule has 4 aromatic rings. The highest BCUT2D eigenvalue weighted by atomic mass is 16.7. The van der Waals surface area contributed by atoms with Crippen LogP contribution in [0.3, 0.4) is 0 Å². The number of benzene rings is 4. The van der Waals surface area contributed by atoms with Gasteiger partial charge in [-0.05, 0) is 52.1 Å². The van der Waals surface area contributed by atoms with E-state index in [4.69, 9.17) is 9.47 Å². The molecule has 2 atom stereocenters. The molecule has 2 heterocycles. The molecule has 3 aliphatic carbocycles. The third kappa shape index (κ3) is 3.35. The SMILES string of the molecule is O=C(Cc1ccc2c(c1)OCO2)N/N=C\C12c3ccccc3C(c3ccccc31)[C@@H]1C(=O)N(c3ccccc3)C(=O)[C@@H]12. The van der Waals surface area contributed by atoms with Crippen LogP contribution in [0.1, 0.15) is 33.7 Å². The van der Waals surface area contributed by atoms with Crippen molar-refractivity contribution in [3.05, 3.63) is 125 Å². The van der Waals surface area contributed by atoms with E-state index < -0.39 is 17.3 Å². The lowest BCUT2D eigenvalue weighted by Crippen LogP contribution is -2.54. The first-order valence-corrected chi connectivity index (χ1v) is 13.9. The summed E-state index contributed by atoms with van der Waals surface area (Å²) < 4.78 is 10.8. The van der Waals surface area contributed by atoms with Gasteiger partial charge >= 0.3 is 0 Å². The molecule has 0 spiro atoms. The van der Waals surface area contributed by atoms with E-state index >= 15 is 0 Å². The van der Waals surface area contributed by atoms with Crippen LogP contribution in [0.15, 0.2) is 102 Å². The fraction of sp³-hybridized carbons (Fsp3) is 0.176. The topological polar surface area (TPSA) is 97.3 Å². The molecule has 0 aromatic heterocycles. The Labute approximate surface area is 241 Å². The first kappa shape index (κ1) is 24.5. The minimum atomic E-state index is -1.05. The predicted molar refractivity (Wildman–Crippen MR) is 154 cm³/mol. The van der Waals surface area contributed by atoms with Gasteiger partial charge in [-0.2, -0.15) is 5.10 Å². The number of anilines is 1. The van der Waals surface area contributed by atoms with Gasteiger partial charge in [0.2, 0.25) is 24.5 Å². The minimum Gasteiger partial charge on any atom is -0.454 e. The standard InChI is InChI=1S/C34H25N3O5/c38-28(17-20-14-15-26-27(16-20)42-19-41-26)36-35-18-34-24-12-6-4-10-22(24)29(23-11-5-7-13-25(23)34)30-31(34)33(40)37(32(30)39)21-8-2-1-3-9-21/h1-16,18,29-31H,17,19H2,(H,36,38)/b35-18-/t29?,30-,31+,34?/m0/s1. The lowest BCUT2D eigenvalue weighted by molar-refractivity contribution is -0.123. The van der Waals surface area contributed by atoms with Gasteiger partial charge in [-0.15, -0.1) is 0 Å². The summed E-state index contributed by atoms with van der Waals surface area (Å²) >= 11 is 0. The summed E-state index contributed by atoms with van der Waals surface area (Å²) in [6.45, 7) is 0.159. The van der Waals surface area contributed by atoms with Crippen molar-refractivity contribution < 1.29 is 23.9 Å². The van der Waals surface area contributed by atoms with Gasteiger partial charge in [0, 0.05) is 12.1 Å². The number of hydrogen-bond acceptors (Lipinski definition) is 6. The van der Waals surface area contributed by atoms with Crippen LogP contribution in [-0.2, 0) is 26.2 Å². The fourth-order valence-corrected chi connectivity index (χ4v) is 7.36. The highest BCUT2D eigenvalue weighted by Crippen LogP contribution is 2.63. The molecular weight excluding hydrogens is 530 g/mol. The molecule has 4 aromatic carbocycles. The predicted octanol–water partition coefficient (Wildman–Crippen LogP) is 4.31. The molecule has 1 saturated heterocycles. The van der Waals surface area contributed by atoms with Gasteiger partial charge in [0.25, 0.3) is 0 Å². The van der Waals surface area contributed by atoms with E-state index in [-0.39, 0.29) is 36.9 Å². The van der Waals surface area contributed by atoms with E-state index in [9.17, 15) is 14.4 Å². The van der Waals surface area contributed by atoms with Gasteiger partial charge in [0.05, 0.1) is 29.4 Å². The number of carbonyl (C=O) groups is 3. The molecular formula is C34H25N3O5. The Morgan fingerprint density at radius 1 is 0.857 bits per heavy atom. The van der Waals surface area contributed by atoms with Gasteiger partial charge in [-0.1, -0.05) is 72.8 Å². The Balaban J connectivity index is 1.21. The number of rotatable bonds is 5. The van der Waals surface area contributed by atoms with Gasteiger partial charge in [0.15, 0.2) is 11.5 Å². The molecule has 0 radical (unpaired) electrons. The Bertz CT molecular complexity index is 1770. The summed E-state index contributed by atoms with van der Waals surface area (Å²) in [4.78, 5) is 42.8. The Hall–Kier alpha value is -5.24. The summed E-state index contributed by atoms with van der Waals surface area (Å²) in [5, 5.41) is 4.48. The molecule has 0 unspecified atom stereocenters. The van der Waals surface area contributed by atoms with Crippen molar-refractivity contribution in [1.29, 1.82) is 0 Å². The average Bonchev–Trinajstić information content (AvgIpc) is 3.59. The largest absolute Gasteiger partial charge is 0.454 e. The molecule has 9 rings (SSSR count). The zero-order valence-corrected chi connectivity index (χ0v) is 22.4. The van der Waals surface area contributed by atoms with Crippen LogP contribution in [-0.4, -0.2) is 30.7 Å². The zero-order chi connectivity index (χ0) is 28.4. The molecule has 206 valence electrons. The molecule has 42 heavy (non-hydrogen) atoms. The minimum absolute atomic E-state index is 0.0848. The third-order valence-electron chi connectivity index (χ3n) is 8.96. The maximum Gasteiger partial charge on any atom is 0.244 e. The lowest BCUT2D eigenvalue weighted by atomic mass is 9.47. The molecule has 3 amide bonds. The molecule has 0 saturated carbocycles. The van der Waals surface area contributed by atoms with Gasteiger partial charge in [-0.25, -0.2) is 10.3 Å². The number of nitrogens with zero attached hydrogens (tertiary/aromatic N) is 2. The van der Waals surface area contributed by atoms with Crippen molar-refractivity contribution in [2.24, 2.45) is 16.9 Å². The number of hydrogen-bond donors (Lipinski definition) is 1. The monoisotopic (exact) mass is 555 g/mol. The number of ether oxygens (including phenoxy) is 2. The van der Waals surface area contributed by atoms with Crippen molar-refractivity contribution in [2.75, 3.05) is 11.7 Å². The third-order valence-corrected chi connectivity index (χ3v) is 8.96. The van der Waals surface area contributed by atoms with Crippen LogP contribution in [0, 0.1) is 11.8 Å². The average molecular weight is 556 g/mol. The van der Waals surface area contributed by atoms with Crippen LogP contribution < -0.4 is 19.8 Å². The molecule has 8 nitrogen and oxygen atoms in total. The molecule has 2 bridgehead atoms. The smallest absolute Gasteiger partial charge is 0.244 e. The summed E-state index contributed by atoms with van der Waals surface area (Å²) in [6.07, 6.45) is 1.76. The van der Waals surface area contributed by atoms with Crippen molar-refractivity contribution >= 4 is 29.6 Å². The number of nitrogens with one attached hydrogen (secondary N) is 1. The van der Waals surface area contributed by atoms with Crippen LogP contribution in [0.2, 0.25) is 0 Å². The van der Waals surface area contributed by atoms with E-state index in [1.54, 1.807) is 30.5 Å². The van der Waals surface area contributed by atoms with Crippen LogP contribution in [0.4, 0.5) is 5.69 Å². The van der Waals surface area contributed by atoms with E-state index in [0.29, 0.717) is 17.2 Å². The molecule has 1 N–H and O–H groups in total. The number of para-hydroxylation sites is 1. The van der Waals surface area contributed by atoms with E-state index in [2.05, 4.69) is 10.5 Å². The van der Waals surface area contributed by atoms with Crippen LogP contribution in [0.25, 0.3) is 0 Å². The highest BCUT2D eigenvalue weighted by molar-refractivity contribution is 6.25. The Kier molecular flexibility index (Phi) is 5.34. The van der Waals surface area contributed by atoms with Gasteiger partial charge in [-0.3, -0.25) is 14.4 Å². The van der Waals surface area contributed by atoms with Gasteiger partial charge in [0.1, 0.15) is 0 Å². The second-order valence-electron chi connectivity index (χ2n) is 11.0. The number of hydrazone groups is 1. The van der Waals surface area contributed by atoms with Crippen LogP contribution in [0.5, 0.6) is 11.5 Å². The Morgan fingerprint density at radius 3 is 2.26 bits per heavy atom. The fourth-order valence-electron chi connectivity index (χ4n) is 7.36. The summed E-state index contributed by atoms with van der Waals surface area (Å²) in [7, 11) is 0. The molecule has 1 fully saturated rings. The normalized spacial score (nSPS) is 24.5. The first-order valence-electron chi connectivity index (χ1n) is 13.9. The number of carbonyl (C=O) groups excluding carboxylic acids is 3. The lowest BCUT2D eigenvalue weighted by Gasteiger charge is -2.52. The van der Waals surface area contributed by atoms with Crippen molar-refractivity contribution in [2.45, 2.75) is 17.8 Å². The highest BCUT2D eigenvalue weighted by Gasteiger charge is 2.68. The second kappa shape index (κ2) is 9.14. The van der Waals surface area contributed by atoms with E-state index in [1.807, 2.05) is 72.8 Å². The van der Waals surface area contributed by atoms with Crippen LogP contribution >= 0.6 is 0 Å². The van der Waals surface area contributed by atoms with Crippen molar-refractivity contribution in [3.8, 4) is 11.5 Å². The zero-order valence-electron chi connectivity index (χ0n) is 22.4. The summed E-state index contributed by atoms with van der Waals surface area (Å²) in [5.74, 6) is -1.11. The molecule has 8 heteroatoms.